The Balaban J connectivity index is 1.17. The van der Waals surface area contributed by atoms with Crippen LogP contribution >= 0.6 is 0 Å². The molecule has 0 saturated heterocycles. The van der Waals surface area contributed by atoms with Crippen molar-refractivity contribution in [1.29, 1.82) is 0 Å². The Labute approximate surface area is 237 Å². The zero-order valence-electron chi connectivity index (χ0n) is 23.4. The minimum Gasteiger partial charge on any atom is -0.497 e. The van der Waals surface area contributed by atoms with Gasteiger partial charge in [0.1, 0.15) is 11.5 Å². The van der Waals surface area contributed by atoms with Crippen LogP contribution in [0, 0.1) is 0 Å². The predicted octanol–water partition coefficient (Wildman–Crippen LogP) is 7.26. The van der Waals surface area contributed by atoms with Crippen molar-refractivity contribution in [1.82, 2.24) is 0 Å². The lowest BCUT2D eigenvalue weighted by molar-refractivity contribution is -0.140. The number of hydrogen-bond acceptors (Lipinski definition) is 6. The van der Waals surface area contributed by atoms with E-state index in [-0.39, 0.29) is 11.9 Å². The molecule has 210 valence electrons. The van der Waals surface area contributed by atoms with Crippen molar-refractivity contribution < 1.29 is 28.5 Å². The van der Waals surface area contributed by atoms with Crippen molar-refractivity contribution in [3.05, 3.63) is 95.1 Å². The first kappa shape index (κ1) is 28.9. The Morgan fingerprint density at radius 3 is 1.40 bits per heavy atom. The van der Waals surface area contributed by atoms with Gasteiger partial charge in [-0.3, -0.25) is 0 Å². The smallest absolute Gasteiger partial charge is 0.331 e. The number of rotatable bonds is 11. The minimum atomic E-state index is -0.333. The topological polar surface area (TPSA) is 71.1 Å². The van der Waals surface area contributed by atoms with Gasteiger partial charge in [0.2, 0.25) is 0 Å². The summed E-state index contributed by atoms with van der Waals surface area (Å²) in [6.45, 7) is 0.592. The fourth-order valence-corrected chi connectivity index (χ4v) is 4.93. The largest absolute Gasteiger partial charge is 0.497 e. The van der Waals surface area contributed by atoms with Crippen LogP contribution < -0.4 is 9.47 Å². The first-order valence-electron chi connectivity index (χ1n) is 14.0. The number of benzene rings is 2. The Hall–Kier alpha value is -4.06. The van der Waals surface area contributed by atoms with Crippen LogP contribution in [0.5, 0.6) is 11.5 Å². The summed E-state index contributed by atoms with van der Waals surface area (Å²) >= 11 is 0. The molecular formula is C34H38O6. The van der Waals surface area contributed by atoms with Gasteiger partial charge in [-0.25, -0.2) is 9.59 Å². The summed E-state index contributed by atoms with van der Waals surface area (Å²) in [5, 5.41) is 0. The number of allylic oxidation sites excluding steroid dienone is 6. The number of unbranched alkanes of at least 4 members (excludes halogenated alkanes) is 1. The second-order valence-electron chi connectivity index (χ2n) is 9.98. The lowest BCUT2D eigenvalue weighted by Crippen LogP contribution is -2.08. The average molecular weight is 543 g/mol. The number of esters is 2. The van der Waals surface area contributed by atoms with Crippen LogP contribution in [0.25, 0.3) is 11.1 Å². The van der Waals surface area contributed by atoms with Gasteiger partial charge >= 0.3 is 11.9 Å². The Kier molecular flexibility index (Phi) is 10.8. The molecule has 0 amide bonds. The number of carbonyl (C=O) groups is 2. The summed E-state index contributed by atoms with van der Waals surface area (Å²) in [5.74, 6) is 0.987. The fraction of sp³-hybridized carbons (Fsp3) is 0.353. The molecule has 2 aliphatic rings. The highest BCUT2D eigenvalue weighted by molar-refractivity contribution is 5.85. The first-order valence-corrected chi connectivity index (χ1v) is 14.0. The third-order valence-corrected chi connectivity index (χ3v) is 7.10. The summed E-state index contributed by atoms with van der Waals surface area (Å²) in [7, 11) is 3.31. The molecule has 0 atom stereocenters. The van der Waals surface area contributed by atoms with Gasteiger partial charge in [-0.1, -0.05) is 36.4 Å². The number of carbonyl (C=O) groups excluding carboxylic acids is 2. The van der Waals surface area contributed by atoms with E-state index >= 15 is 0 Å². The molecule has 4 rings (SSSR count). The first-order chi connectivity index (χ1) is 19.5. The van der Waals surface area contributed by atoms with Crippen LogP contribution in [0.15, 0.2) is 84.0 Å². The molecule has 6 heteroatoms. The molecule has 0 aliphatic heterocycles. The molecule has 2 aliphatic carbocycles. The van der Waals surface area contributed by atoms with Crippen molar-refractivity contribution in [2.24, 2.45) is 0 Å². The molecule has 2 aromatic carbocycles. The van der Waals surface area contributed by atoms with Crippen LogP contribution in [-0.2, 0) is 19.1 Å². The van der Waals surface area contributed by atoms with E-state index in [9.17, 15) is 9.59 Å². The molecule has 0 bridgehead atoms. The highest BCUT2D eigenvalue weighted by Gasteiger charge is 2.13. The van der Waals surface area contributed by atoms with Crippen molar-refractivity contribution in [2.45, 2.75) is 51.4 Å². The van der Waals surface area contributed by atoms with Crippen LogP contribution in [-0.4, -0.2) is 39.4 Å². The maximum atomic E-state index is 12.3. The minimum absolute atomic E-state index is 0.296. The molecule has 40 heavy (non-hydrogen) atoms. The third kappa shape index (κ3) is 8.73. The number of methoxy groups -OCH3 is 2. The molecule has 0 spiro atoms. The molecule has 0 fully saturated rings. The van der Waals surface area contributed by atoms with Crippen molar-refractivity contribution in [2.75, 3.05) is 27.4 Å². The van der Waals surface area contributed by atoms with Gasteiger partial charge in [-0.2, -0.15) is 0 Å². The van der Waals surface area contributed by atoms with Gasteiger partial charge < -0.3 is 18.9 Å². The SMILES string of the molecule is COc1ccc(C2=CC(=CC(=O)OCCCCOC(=O)C=C3C=C(c4ccc(OC)cc4)CCC3)CCC2)cc1. The Morgan fingerprint density at radius 1 is 0.625 bits per heavy atom. The summed E-state index contributed by atoms with van der Waals surface area (Å²) in [6, 6.07) is 16.0. The van der Waals surface area contributed by atoms with Gasteiger partial charge in [0.25, 0.3) is 0 Å². The van der Waals surface area contributed by atoms with Crippen molar-refractivity contribution >= 4 is 23.1 Å². The van der Waals surface area contributed by atoms with E-state index in [2.05, 4.69) is 12.2 Å². The van der Waals surface area contributed by atoms with Gasteiger partial charge in [-0.15, -0.1) is 0 Å². The van der Waals surface area contributed by atoms with Crippen molar-refractivity contribution in [3.63, 3.8) is 0 Å². The molecule has 0 saturated carbocycles. The van der Waals surface area contributed by atoms with Crippen LogP contribution in [0.2, 0.25) is 0 Å². The maximum absolute atomic E-state index is 12.3. The van der Waals surface area contributed by atoms with E-state index < -0.39 is 0 Å². The van der Waals surface area contributed by atoms with E-state index in [1.54, 1.807) is 26.4 Å². The Morgan fingerprint density at radius 2 is 1.02 bits per heavy atom. The van der Waals surface area contributed by atoms with E-state index in [0.717, 1.165) is 72.3 Å². The molecule has 0 heterocycles. The maximum Gasteiger partial charge on any atom is 0.331 e. The second kappa shape index (κ2) is 14.9. The predicted molar refractivity (Wildman–Crippen MR) is 157 cm³/mol. The number of hydrogen-bond donors (Lipinski definition) is 0. The van der Waals surface area contributed by atoms with E-state index in [1.165, 1.54) is 11.1 Å². The summed E-state index contributed by atoms with van der Waals surface area (Å²) in [6.07, 6.45) is 14.3. The molecule has 0 radical (unpaired) electrons. The van der Waals surface area contributed by atoms with Gasteiger partial charge in [-0.05, 0) is 109 Å². The van der Waals surface area contributed by atoms with E-state index in [0.29, 0.717) is 26.1 Å². The van der Waals surface area contributed by atoms with Crippen LogP contribution in [0.4, 0.5) is 0 Å². The average Bonchev–Trinajstić information content (AvgIpc) is 2.99. The zero-order valence-corrected chi connectivity index (χ0v) is 23.4. The molecule has 0 N–H and O–H groups in total. The lowest BCUT2D eigenvalue weighted by Gasteiger charge is -2.16. The second-order valence-corrected chi connectivity index (χ2v) is 9.98. The van der Waals surface area contributed by atoms with Gasteiger partial charge in [0.05, 0.1) is 27.4 Å². The normalized spacial score (nSPS) is 17.1. The van der Waals surface area contributed by atoms with Crippen LogP contribution in [0.1, 0.15) is 62.5 Å². The third-order valence-electron chi connectivity index (χ3n) is 7.10. The molecule has 6 nitrogen and oxygen atoms in total. The van der Waals surface area contributed by atoms with Crippen molar-refractivity contribution in [3.8, 4) is 11.5 Å². The quantitative estimate of drug-likeness (QED) is 0.169. The summed E-state index contributed by atoms with van der Waals surface area (Å²) in [5.41, 5.74) is 6.67. The standard InChI is InChI=1S/C34H38O6/c1-37-31-15-11-27(12-16-31)29-9-5-7-25(21-29)23-33(35)39-19-3-4-20-40-34(36)24-26-8-6-10-30(22-26)28-13-17-32(38-2)18-14-28/h11-18,21-24H,3-10,19-20H2,1-2H3. The molecular weight excluding hydrogens is 504 g/mol. The van der Waals surface area contributed by atoms with E-state index in [4.69, 9.17) is 18.9 Å². The molecule has 0 unspecified atom stereocenters. The van der Waals surface area contributed by atoms with E-state index in [1.807, 2.05) is 48.5 Å². The number of ether oxygens (including phenoxy) is 4. The highest BCUT2D eigenvalue weighted by Crippen LogP contribution is 2.31. The fourth-order valence-electron chi connectivity index (χ4n) is 4.93. The van der Waals surface area contributed by atoms with Crippen LogP contribution in [0.3, 0.4) is 0 Å². The molecule has 0 aromatic heterocycles. The monoisotopic (exact) mass is 542 g/mol. The van der Waals surface area contributed by atoms with Gasteiger partial charge in [0.15, 0.2) is 0 Å². The zero-order chi connectivity index (χ0) is 28.2. The van der Waals surface area contributed by atoms with Gasteiger partial charge in [0, 0.05) is 12.2 Å². The summed E-state index contributed by atoms with van der Waals surface area (Å²) in [4.78, 5) is 24.6. The molecule has 2 aromatic rings. The highest BCUT2D eigenvalue weighted by atomic mass is 16.5. The summed E-state index contributed by atoms with van der Waals surface area (Å²) < 4.78 is 21.2. The lowest BCUT2D eigenvalue weighted by atomic mass is 9.90. The Bertz CT molecular complexity index is 1180.